The molecule has 0 aromatic heterocycles. The molecule has 140 valence electrons. The summed E-state index contributed by atoms with van der Waals surface area (Å²) in [5, 5.41) is 9.62. The molecule has 2 aromatic carbocycles. The van der Waals surface area contributed by atoms with Gasteiger partial charge in [-0.3, -0.25) is 14.4 Å². The molecule has 7 heteroatoms. The maximum atomic E-state index is 13.1. The van der Waals surface area contributed by atoms with Gasteiger partial charge in [-0.15, -0.1) is 11.8 Å². The van der Waals surface area contributed by atoms with E-state index in [4.69, 9.17) is 5.73 Å². The molecule has 2 aromatic rings. The second-order valence-electron chi connectivity index (χ2n) is 6.42. The predicted molar refractivity (Wildman–Crippen MR) is 103 cm³/mol. The summed E-state index contributed by atoms with van der Waals surface area (Å²) in [6, 6.07) is 16.4. The van der Waals surface area contributed by atoms with Crippen molar-refractivity contribution >= 4 is 29.5 Å². The monoisotopic (exact) mass is 384 g/mol. The third kappa shape index (κ3) is 4.31. The molecule has 0 spiro atoms. The van der Waals surface area contributed by atoms with Crippen LogP contribution in [0.25, 0.3) is 0 Å². The van der Waals surface area contributed by atoms with Crippen LogP contribution in [0.4, 0.5) is 0 Å². The van der Waals surface area contributed by atoms with Crippen molar-refractivity contribution in [1.29, 1.82) is 0 Å². The van der Waals surface area contributed by atoms with Gasteiger partial charge in [-0.05, 0) is 17.7 Å². The smallest absolute Gasteiger partial charge is 0.308 e. The number of rotatable bonds is 6. The van der Waals surface area contributed by atoms with Gasteiger partial charge in [0, 0.05) is 23.9 Å². The zero-order valence-electron chi connectivity index (χ0n) is 14.6. The van der Waals surface area contributed by atoms with Crippen LogP contribution in [0.5, 0.6) is 0 Å². The van der Waals surface area contributed by atoms with Gasteiger partial charge in [0.1, 0.15) is 0 Å². The van der Waals surface area contributed by atoms with Crippen molar-refractivity contribution in [2.24, 2.45) is 11.7 Å². The highest BCUT2D eigenvalue weighted by atomic mass is 32.2. The summed E-state index contributed by atoms with van der Waals surface area (Å²) in [6.45, 7) is 0.497. The first kappa shape index (κ1) is 19.0. The summed E-state index contributed by atoms with van der Waals surface area (Å²) in [4.78, 5) is 38.1. The zero-order chi connectivity index (χ0) is 19.4. The Bertz CT molecular complexity index is 856. The highest BCUT2D eigenvalue weighted by Crippen LogP contribution is 2.34. The van der Waals surface area contributed by atoms with Crippen molar-refractivity contribution < 1.29 is 19.5 Å². The number of likely N-dealkylation sites (tertiary alicyclic amines) is 1. The minimum Gasteiger partial charge on any atom is -0.481 e. The van der Waals surface area contributed by atoms with E-state index >= 15 is 0 Å². The number of nitrogens with zero attached hydrogens (tertiary/aromatic N) is 1. The van der Waals surface area contributed by atoms with Crippen molar-refractivity contribution in [3.8, 4) is 0 Å². The number of carboxylic acid groups (broad SMARTS) is 1. The second-order valence-corrected chi connectivity index (χ2v) is 7.44. The van der Waals surface area contributed by atoms with Crippen molar-refractivity contribution in [2.45, 2.75) is 10.8 Å². The Hall–Kier alpha value is -2.80. The molecule has 0 saturated carbocycles. The van der Waals surface area contributed by atoms with Crippen LogP contribution in [0.2, 0.25) is 0 Å². The fraction of sp³-hybridized carbons (Fsp3) is 0.250. The van der Waals surface area contributed by atoms with Gasteiger partial charge in [0.15, 0.2) is 0 Å². The van der Waals surface area contributed by atoms with Gasteiger partial charge in [0.25, 0.3) is 5.91 Å². The molecule has 1 heterocycles. The number of amides is 2. The molecule has 0 aliphatic carbocycles. The van der Waals surface area contributed by atoms with E-state index < -0.39 is 17.8 Å². The van der Waals surface area contributed by atoms with Gasteiger partial charge in [0.05, 0.1) is 17.2 Å². The maximum Gasteiger partial charge on any atom is 0.308 e. The molecule has 2 amide bonds. The lowest BCUT2D eigenvalue weighted by Gasteiger charge is -2.18. The lowest BCUT2D eigenvalue weighted by molar-refractivity contribution is -0.141. The molecule has 2 unspecified atom stereocenters. The molecule has 1 fully saturated rings. The van der Waals surface area contributed by atoms with E-state index in [1.807, 2.05) is 30.3 Å². The van der Waals surface area contributed by atoms with E-state index in [0.29, 0.717) is 17.0 Å². The largest absolute Gasteiger partial charge is 0.481 e. The van der Waals surface area contributed by atoms with Crippen molar-refractivity contribution in [3.05, 3.63) is 65.7 Å². The molecule has 2 atom stereocenters. The van der Waals surface area contributed by atoms with Crippen molar-refractivity contribution in [2.75, 3.05) is 18.8 Å². The van der Waals surface area contributed by atoms with Crippen molar-refractivity contribution in [1.82, 2.24) is 4.90 Å². The average molecular weight is 384 g/mol. The molecular weight excluding hydrogens is 364 g/mol. The first-order valence-electron chi connectivity index (χ1n) is 8.54. The number of carbonyl (C=O) groups is 3. The number of nitrogens with two attached hydrogens (primary N) is 1. The summed E-state index contributed by atoms with van der Waals surface area (Å²) in [6.07, 6.45) is 0. The molecule has 1 aliphatic heterocycles. The van der Waals surface area contributed by atoms with Crippen LogP contribution in [-0.2, 0) is 9.59 Å². The minimum absolute atomic E-state index is 0.0781. The second kappa shape index (κ2) is 8.26. The summed E-state index contributed by atoms with van der Waals surface area (Å²) >= 11 is 1.21. The normalized spacial score (nSPS) is 19.0. The van der Waals surface area contributed by atoms with E-state index in [2.05, 4.69) is 0 Å². The Morgan fingerprint density at radius 3 is 2.37 bits per heavy atom. The van der Waals surface area contributed by atoms with Gasteiger partial charge in [-0.25, -0.2) is 0 Å². The summed E-state index contributed by atoms with van der Waals surface area (Å²) in [5.74, 6) is -2.42. The third-order valence-electron chi connectivity index (χ3n) is 4.64. The summed E-state index contributed by atoms with van der Waals surface area (Å²) in [5.41, 5.74) is 6.58. The molecule has 1 saturated heterocycles. The number of primary amides is 1. The lowest BCUT2D eigenvalue weighted by atomic mass is 9.89. The van der Waals surface area contributed by atoms with Gasteiger partial charge in [-0.2, -0.15) is 0 Å². The molecular formula is C20H20N2O4S. The van der Waals surface area contributed by atoms with Gasteiger partial charge < -0.3 is 15.7 Å². The summed E-state index contributed by atoms with van der Waals surface area (Å²) in [7, 11) is 0. The molecule has 3 rings (SSSR count). The standard InChI is InChI=1S/C20H20N2O4S/c21-18(23)12-27-17-9-5-4-8-14(17)19(24)22-10-15(16(11-22)20(25)26)13-6-2-1-3-7-13/h1-9,15-16H,10-12H2,(H2,21,23)(H,25,26). The van der Waals surface area contributed by atoms with Crippen LogP contribution >= 0.6 is 11.8 Å². The molecule has 3 N–H and O–H groups in total. The van der Waals surface area contributed by atoms with Crippen LogP contribution in [0.1, 0.15) is 21.8 Å². The molecule has 0 bridgehead atoms. The Labute approximate surface area is 161 Å². The Kier molecular flexibility index (Phi) is 5.81. The number of benzene rings is 2. The number of hydrogen-bond donors (Lipinski definition) is 2. The van der Waals surface area contributed by atoms with Crippen molar-refractivity contribution in [3.63, 3.8) is 0 Å². The van der Waals surface area contributed by atoms with Gasteiger partial charge in [-0.1, -0.05) is 42.5 Å². The zero-order valence-corrected chi connectivity index (χ0v) is 15.4. The fourth-order valence-electron chi connectivity index (χ4n) is 3.35. The average Bonchev–Trinajstić information content (AvgIpc) is 3.12. The quantitative estimate of drug-likeness (QED) is 0.744. The van der Waals surface area contributed by atoms with E-state index in [9.17, 15) is 19.5 Å². The number of carbonyl (C=O) groups excluding carboxylic acids is 2. The van der Waals surface area contributed by atoms with E-state index in [0.717, 1.165) is 5.56 Å². The van der Waals surface area contributed by atoms with E-state index in [-0.39, 0.29) is 24.1 Å². The number of thioether (sulfide) groups is 1. The van der Waals surface area contributed by atoms with Gasteiger partial charge in [0.2, 0.25) is 5.91 Å². The summed E-state index contributed by atoms with van der Waals surface area (Å²) < 4.78 is 0. The number of aliphatic carboxylic acids is 1. The fourth-order valence-corrected chi connectivity index (χ4v) is 4.13. The van der Waals surface area contributed by atoms with Gasteiger partial charge >= 0.3 is 5.97 Å². The van der Waals surface area contributed by atoms with Crippen LogP contribution in [-0.4, -0.2) is 46.6 Å². The minimum atomic E-state index is -0.907. The van der Waals surface area contributed by atoms with Crippen LogP contribution < -0.4 is 5.73 Å². The molecule has 6 nitrogen and oxygen atoms in total. The Balaban J connectivity index is 1.84. The van der Waals surface area contributed by atoms with E-state index in [1.54, 1.807) is 29.2 Å². The maximum absolute atomic E-state index is 13.1. The lowest BCUT2D eigenvalue weighted by Crippen LogP contribution is -2.30. The SMILES string of the molecule is NC(=O)CSc1ccccc1C(=O)N1CC(C(=O)O)C(c2ccccc2)C1. The first-order chi connectivity index (χ1) is 13.0. The molecule has 1 aliphatic rings. The predicted octanol–water partition coefficient (Wildman–Crippen LogP) is 2.20. The molecule has 0 radical (unpaired) electrons. The van der Waals surface area contributed by atoms with Crippen LogP contribution in [0.3, 0.4) is 0 Å². The third-order valence-corrected chi connectivity index (χ3v) is 5.74. The Morgan fingerprint density at radius 2 is 1.70 bits per heavy atom. The highest BCUT2D eigenvalue weighted by molar-refractivity contribution is 8.00. The number of hydrogen-bond acceptors (Lipinski definition) is 4. The van der Waals surface area contributed by atoms with Crippen LogP contribution in [0, 0.1) is 5.92 Å². The van der Waals surface area contributed by atoms with E-state index in [1.165, 1.54) is 11.8 Å². The Morgan fingerprint density at radius 1 is 1.04 bits per heavy atom. The highest BCUT2D eigenvalue weighted by Gasteiger charge is 2.40. The van der Waals surface area contributed by atoms with Crippen LogP contribution in [0.15, 0.2) is 59.5 Å². The molecule has 27 heavy (non-hydrogen) atoms. The topological polar surface area (TPSA) is 101 Å². The first-order valence-corrected chi connectivity index (χ1v) is 9.53. The number of carboxylic acids is 1.